The van der Waals surface area contributed by atoms with Gasteiger partial charge in [0, 0.05) is 25.2 Å². The highest BCUT2D eigenvalue weighted by atomic mass is 19.1. The number of β-amino-alcohol motifs (C(OH)–C–C–N with tert-alkyl or cyclic N) is 1. The lowest BCUT2D eigenvalue weighted by Gasteiger charge is -2.27. The largest absolute Gasteiger partial charge is 0.490 e. The Morgan fingerprint density at radius 1 is 1.35 bits per heavy atom. The van der Waals surface area contributed by atoms with Gasteiger partial charge in [0.25, 0.3) is 0 Å². The first-order valence-electron chi connectivity index (χ1n) is 7.49. The quantitative estimate of drug-likeness (QED) is 0.919. The number of benzene rings is 1. The molecule has 1 heterocycles. The molecule has 1 N–H and O–H groups in total. The zero-order chi connectivity index (χ0) is 14.0. The van der Waals surface area contributed by atoms with Gasteiger partial charge in [-0.25, -0.2) is 4.39 Å². The number of ether oxygens (including phenoxy) is 1. The van der Waals surface area contributed by atoms with Crippen molar-refractivity contribution >= 4 is 0 Å². The third-order valence-electron chi connectivity index (χ3n) is 4.51. The van der Waals surface area contributed by atoms with Gasteiger partial charge < -0.3 is 9.84 Å². The summed E-state index contributed by atoms with van der Waals surface area (Å²) >= 11 is 0. The molecule has 0 amide bonds. The van der Waals surface area contributed by atoms with E-state index in [9.17, 15) is 9.50 Å². The first kappa shape index (κ1) is 13.8. The van der Waals surface area contributed by atoms with Gasteiger partial charge in [0.2, 0.25) is 0 Å². The Hall–Kier alpha value is -1.13. The number of aliphatic hydroxyl groups is 1. The minimum absolute atomic E-state index is 0.236. The standard InChI is InChI=1S/C16H22FNO2/c17-13-4-3-7-15(10-13)20-12-16(19)8-9-18(11-16)14-5-1-2-6-14/h3-4,7,10,14,19H,1-2,5-6,8-9,11-12H2. The van der Waals surface area contributed by atoms with E-state index in [2.05, 4.69) is 4.90 Å². The second kappa shape index (κ2) is 5.70. The number of rotatable bonds is 4. The van der Waals surface area contributed by atoms with Crippen LogP contribution >= 0.6 is 0 Å². The van der Waals surface area contributed by atoms with Crippen molar-refractivity contribution in [3.8, 4) is 5.75 Å². The van der Waals surface area contributed by atoms with Crippen LogP contribution in [0.15, 0.2) is 24.3 Å². The lowest BCUT2D eigenvalue weighted by Crippen LogP contribution is -2.41. The van der Waals surface area contributed by atoms with Crippen LogP contribution in [0.3, 0.4) is 0 Å². The zero-order valence-electron chi connectivity index (χ0n) is 11.7. The topological polar surface area (TPSA) is 32.7 Å². The Labute approximate surface area is 119 Å². The van der Waals surface area contributed by atoms with Gasteiger partial charge in [-0.05, 0) is 31.4 Å². The molecule has 1 saturated carbocycles. The Kier molecular flexibility index (Phi) is 3.94. The third-order valence-corrected chi connectivity index (χ3v) is 4.51. The van der Waals surface area contributed by atoms with Gasteiger partial charge in [-0.3, -0.25) is 4.90 Å². The second-order valence-electron chi connectivity index (χ2n) is 6.13. The normalized spacial score (nSPS) is 28.1. The molecular formula is C16H22FNO2. The van der Waals surface area contributed by atoms with Crippen LogP contribution < -0.4 is 4.74 Å². The van der Waals surface area contributed by atoms with Crippen LogP contribution in [0.5, 0.6) is 5.75 Å². The summed E-state index contributed by atoms with van der Waals surface area (Å²) in [6, 6.07) is 6.72. The summed E-state index contributed by atoms with van der Waals surface area (Å²) in [5, 5.41) is 10.6. The average Bonchev–Trinajstić information content (AvgIpc) is 3.06. The van der Waals surface area contributed by atoms with Crippen molar-refractivity contribution in [1.29, 1.82) is 0 Å². The number of likely N-dealkylation sites (tertiary alicyclic amines) is 1. The molecule has 1 aliphatic heterocycles. The predicted octanol–water partition coefficient (Wildman–Crippen LogP) is 2.58. The van der Waals surface area contributed by atoms with Gasteiger partial charge in [-0.1, -0.05) is 18.9 Å². The number of hydrogen-bond donors (Lipinski definition) is 1. The third kappa shape index (κ3) is 3.13. The maximum atomic E-state index is 13.1. The molecule has 1 saturated heterocycles. The molecular weight excluding hydrogens is 257 g/mol. The highest BCUT2D eigenvalue weighted by Crippen LogP contribution is 2.30. The summed E-state index contributed by atoms with van der Waals surface area (Å²) in [5.41, 5.74) is -0.797. The molecule has 0 spiro atoms. The first-order chi connectivity index (χ1) is 9.65. The van der Waals surface area contributed by atoms with E-state index in [0.717, 1.165) is 13.0 Å². The molecule has 0 radical (unpaired) electrons. The molecule has 2 aliphatic rings. The van der Waals surface area contributed by atoms with E-state index in [0.29, 0.717) is 18.3 Å². The van der Waals surface area contributed by atoms with E-state index in [4.69, 9.17) is 4.74 Å². The van der Waals surface area contributed by atoms with E-state index in [-0.39, 0.29) is 12.4 Å². The lowest BCUT2D eigenvalue weighted by molar-refractivity contribution is 0.000564. The van der Waals surface area contributed by atoms with Crippen molar-refractivity contribution in [2.24, 2.45) is 0 Å². The zero-order valence-corrected chi connectivity index (χ0v) is 11.7. The predicted molar refractivity (Wildman–Crippen MR) is 75.3 cm³/mol. The molecule has 1 unspecified atom stereocenters. The van der Waals surface area contributed by atoms with Crippen molar-refractivity contribution in [1.82, 2.24) is 4.90 Å². The second-order valence-corrected chi connectivity index (χ2v) is 6.13. The van der Waals surface area contributed by atoms with E-state index < -0.39 is 5.60 Å². The van der Waals surface area contributed by atoms with Gasteiger partial charge in [0.15, 0.2) is 0 Å². The van der Waals surface area contributed by atoms with Crippen LogP contribution in [0.4, 0.5) is 4.39 Å². The molecule has 0 aromatic heterocycles. The number of nitrogens with zero attached hydrogens (tertiary/aromatic N) is 1. The molecule has 1 atom stereocenters. The van der Waals surface area contributed by atoms with Crippen molar-refractivity contribution in [3.63, 3.8) is 0 Å². The Bertz CT molecular complexity index is 462. The fourth-order valence-corrected chi connectivity index (χ4v) is 3.36. The SMILES string of the molecule is OC1(COc2cccc(F)c2)CCN(C2CCCC2)C1. The minimum Gasteiger partial charge on any atom is -0.490 e. The summed E-state index contributed by atoms with van der Waals surface area (Å²) in [5.74, 6) is 0.172. The lowest BCUT2D eigenvalue weighted by atomic mass is 10.1. The molecule has 1 aliphatic carbocycles. The van der Waals surface area contributed by atoms with Crippen molar-refractivity contribution in [2.45, 2.75) is 43.7 Å². The summed E-state index contributed by atoms with van der Waals surface area (Å²) in [7, 11) is 0. The van der Waals surface area contributed by atoms with E-state index in [1.54, 1.807) is 12.1 Å². The molecule has 20 heavy (non-hydrogen) atoms. The van der Waals surface area contributed by atoms with Crippen LogP contribution in [0.1, 0.15) is 32.1 Å². The van der Waals surface area contributed by atoms with Crippen LogP contribution in [0, 0.1) is 5.82 Å². The minimum atomic E-state index is -0.797. The maximum Gasteiger partial charge on any atom is 0.126 e. The van der Waals surface area contributed by atoms with E-state index >= 15 is 0 Å². The molecule has 4 heteroatoms. The monoisotopic (exact) mass is 279 g/mol. The Morgan fingerprint density at radius 2 is 2.15 bits per heavy atom. The highest BCUT2D eigenvalue weighted by Gasteiger charge is 2.40. The van der Waals surface area contributed by atoms with Gasteiger partial charge in [-0.2, -0.15) is 0 Å². The smallest absolute Gasteiger partial charge is 0.126 e. The molecule has 2 fully saturated rings. The summed E-state index contributed by atoms with van der Waals surface area (Å²) in [6.07, 6.45) is 5.85. The summed E-state index contributed by atoms with van der Waals surface area (Å²) in [4.78, 5) is 2.39. The van der Waals surface area contributed by atoms with Crippen LogP contribution in [0.25, 0.3) is 0 Å². The van der Waals surface area contributed by atoms with Gasteiger partial charge in [0.05, 0.1) is 0 Å². The van der Waals surface area contributed by atoms with Crippen molar-refractivity contribution < 1.29 is 14.2 Å². The number of hydrogen-bond acceptors (Lipinski definition) is 3. The molecule has 3 rings (SSSR count). The Morgan fingerprint density at radius 3 is 2.90 bits per heavy atom. The fraction of sp³-hybridized carbons (Fsp3) is 0.625. The van der Waals surface area contributed by atoms with E-state index in [1.807, 2.05) is 0 Å². The molecule has 0 bridgehead atoms. The molecule has 110 valence electrons. The summed E-state index contributed by atoms with van der Waals surface area (Å²) in [6.45, 7) is 1.85. The van der Waals surface area contributed by atoms with Crippen molar-refractivity contribution in [3.05, 3.63) is 30.1 Å². The van der Waals surface area contributed by atoms with Crippen LogP contribution in [-0.4, -0.2) is 41.3 Å². The van der Waals surface area contributed by atoms with Gasteiger partial charge >= 0.3 is 0 Å². The maximum absolute atomic E-state index is 13.1. The average molecular weight is 279 g/mol. The Balaban J connectivity index is 1.54. The van der Waals surface area contributed by atoms with E-state index in [1.165, 1.54) is 37.8 Å². The fourth-order valence-electron chi connectivity index (χ4n) is 3.36. The van der Waals surface area contributed by atoms with Crippen LogP contribution in [0.2, 0.25) is 0 Å². The van der Waals surface area contributed by atoms with Crippen molar-refractivity contribution in [2.75, 3.05) is 19.7 Å². The molecule has 1 aromatic rings. The molecule has 1 aromatic carbocycles. The molecule has 3 nitrogen and oxygen atoms in total. The highest BCUT2D eigenvalue weighted by molar-refractivity contribution is 5.22. The number of halogens is 1. The van der Waals surface area contributed by atoms with Crippen LogP contribution in [-0.2, 0) is 0 Å². The van der Waals surface area contributed by atoms with Gasteiger partial charge in [0.1, 0.15) is 23.8 Å². The first-order valence-corrected chi connectivity index (χ1v) is 7.49. The summed E-state index contributed by atoms with van der Waals surface area (Å²) < 4.78 is 18.6. The van der Waals surface area contributed by atoms with Gasteiger partial charge in [-0.15, -0.1) is 0 Å².